The van der Waals surface area contributed by atoms with E-state index in [1.165, 1.54) is 0 Å². The Morgan fingerprint density at radius 2 is 1.36 bits per heavy atom. The van der Waals surface area contributed by atoms with E-state index in [1.807, 2.05) is 0 Å². The minimum Gasteiger partial charge on any atom is -0.870 e. The molecule has 1 nitrogen and oxygen atoms in total. The van der Waals surface area contributed by atoms with Crippen LogP contribution in [0.1, 0.15) is 0 Å². The maximum atomic E-state index is 2.40. The smallest absolute Gasteiger partial charge is 0.870 e. The van der Waals surface area contributed by atoms with Gasteiger partial charge in [-0.1, -0.05) is 0 Å². The summed E-state index contributed by atoms with van der Waals surface area (Å²) in [6, 6.07) is 10.8. The molecule has 62 valence electrons. The molecule has 0 spiro atoms. The van der Waals surface area contributed by atoms with Crippen molar-refractivity contribution in [3.63, 3.8) is 0 Å². The van der Waals surface area contributed by atoms with Crippen molar-refractivity contribution in [3.8, 4) is 0 Å². The Hall–Kier alpha value is -0.262. The quantitative estimate of drug-likeness (QED) is 0.658. The third kappa shape index (κ3) is 3.09. The van der Waals surface area contributed by atoms with Crippen molar-refractivity contribution in [1.82, 2.24) is 0 Å². The molecule has 0 amide bonds. The van der Waals surface area contributed by atoms with E-state index < -0.39 is 13.6 Å². The summed E-state index contributed by atoms with van der Waals surface area (Å²) in [7, 11) is 0. The van der Waals surface area contributed by atoms with Crippen molar-refractivity contribution in [2.24, 2.45) is 0 Å². The number of rotatable bonds is 1. The Bertz CT molecular complexity index is 201. The van der Waals surface area contributed by atoms with Crippen LogP contribution in [0.25, 0.3) is 0 Å². The zero-order chi connectivity index (χ0) is 7.61. The molecule has 0 radical (unpaired) electrons. The molecule has 11 heavy (non-hydrogen) atoms. The SMILES string of the molecule is C[As+](C)(C)c1ccccc1.[OH-]. The van der Waals surface area contributed by atoms with Crippen molar-refractivity contribution in [2.45, 2.75) is 17.1 Å². The van der Waals surface area contributed by atoms with E-state index in [2.05, 4.69) is 47.5 Å². The van der Waals surface area contributed by atoms with Crippen molar-refractivity contribution in [1.29, 1.82) is 0 Å². The van der Waals surface area contributed by atoms with Gasteiger partial charge < -0.3 is 5.48 Å². The zero-order valence-electron chi connectivity index (χ0n) is 7.28. The molecule has 2 heteroatoms. The fourth-order valence-corrected chi connectivity index (χ4v) is 3.11. The topological polar surface area (TPSA) is 30.0 Å². The molecule has 1 aromatic rings. The average Bonchev–Trinajstić information content (AvgIpc) is 1.88. The molecule has 0 aliphatic rings. The van der Waals surface area contributed by atoms with Gasteiger partial charge in [0.05, 0.1) is 0 Å². The minimum atomic E-state index is -1.35. The molecule has 1 rings (SSSR count). The Morgan fingerprint density at radius 3 is 1.64 bits per heavy atom. The molecule has 0 aromatic heterocycles. The predicted octanol–water partition coefficient (Wildman–Crippen LogP) is 2.05. The molecule has 0 fully saturated rings. The summed E-state index contributed by atoms with van der Waals surface area (Å²) in [6.45, 7) is 0. The molecule has 1 aromatic carbocycles. The fraction of sp³-hybridized carbons (Fsp3) is 0.333. The van der Waals surface area contributed by atoms with Crippen LogP contribution < -0.4 is 4.35 Å². The molecule has 0 aliphatic carbocycles. The summed E-state index contributed by atoms with van der Waals surface area (Å²) in [4.78, 5) is 0. The largest absolute Gasteiger partial charge is 0.870 e. The van der Waals surface area contributed by atoms with Crippen LogP contribution in [-0.2, 0) is 0 Å². The second kappa shape index (κ2) is 3.94. The van der Waals surface area contributed by atoms with Gasteiger partial charge >= 0.3 is 65.4 Å². The van der Waals surface area contributed by atoms with Crippen LogP contribution >= 0.6 is 0 Å². The fourth-order valence-electron chi connectivity index (χ4n) is 0.875. The van der Waals surface area contributed by atoms with E-state index in [-0.39, 0.29) is 5.48 Å². The van der Waals surface area contributed by atoms with Crippen LogP contribution in [0.3, 0.4) is 0 Å². The Kier molecular flexibility index (Phi) is 3.85. The third-order valence-corrected chi connectivity index (χ3v) is 5.41. The summed E-state index contributed by atoms with van der Waals surface area (Å²) < 4.78 is 1.57. The van der Waals surface area contributed by atoms with Gasteiger partial charge in [-0.2, -0.15) is 0 Å². The van der Waals surface area contributed by atoms with Gasteiger partial charge in [-0.25, -0.2) is 0 Å². The first-order valence-corrected chi connectivity index (χ1v) is 10.0. The van der Waals surface area contributed by atoms with Crippen LogP contribution in [0.5, 0.6) is 0 Å². The Balaban J connectivity index is 0.000001000. The molecule has 0 heterocycles. The first kappa shape index (κ1) is 10.7. The minimum absolute atomic E-state index is 0. The van der Waals surface area contributed by atoms with Crippen molar-refractivity contribution >= 4 is 17.9 Å². The van der Waals surface area contributed by atoms with Gasteiger partial charge in [-0.05, 0) is 0 Å². The van der Waals surface area contributed by atoms with Gasteiger partial charge in [-0.15, -0.1) is 0 Å². The van der Waals surface area contributed by atoms with Gasteiger partial charge in [0, 0.05) is 0 Å². The van der Waals surface area contributed by atoms with Crippen LogP contribution in [0, 0.1) is 0 Å². The molecule has 0 aliphatic heterocycles. The van der Waals surface area contributed by atoms with E-state index in [1.54, 1.807) is 4.35 Å². The van der Waals surface area contributed by atoms with Gasteiger partial charge in [0.25, 0.3) is 0 Å². The summed E-state index contributed by atoms with van der Waals surface area (Å²) >= 11 is -1.35. The van der Waals surface area contributed by atoms with Gasteiger partial charge in [0.2, 0.25) is 0 Å². The van der Waals surface area contributed by atoms with Crippen LogP contribution in [-0.4, -0.2) is 19.0 Å². The standard InChI is InChI=1S/C9H14As.H2O/c1-10(2,3)9-7-5-4-6-8-9;/h4-8H,1-3H3;1H2/q+1;/p-1. The molecule has 1 N–H and O–H groups in total. The predicted molar refractivity (Wildman–Crippen MR) is 51.4 cm³/mol. The number of benzene rings is 1. The van der Waals surface area contributed by atoms with E-state index in [0.717, 1.165) is 0 Å². The Morgan fingerprint density at radius 1 is 0.909 bits per heavy atom. The van der Waals surface area contributed by atoms with Gasteiger partial charge in [0.1, 0.15) is 0 Å². The number of hydrogen-bond donors (Lipinski definition) is 0. The summed E-state index contributed by atoms with van der Waals surface area (Å²) in [5, 5.41) is 0. The zero-order valence-corrected chi connectivity index (χ0v) is 9.16. The summed E-state index contributed by atoms with van der Waals surface area (Å²) in [6.07, 6.45) is 0. The van der Waals surface area contributed by atoms with Crippen molar-refractivity contribution in [3.05, 3.63) is 30.3 Å². The average molecular weight is 214 g/mol. The summed E-state index contributed by atoms with van der Waals surface area (Å²) in [5.41, 5.74) is 7.19. The van der Waals surface area contributed by atoms with Crippen molar-refractivity contribution in [2.75, 3.05) is 0 Å². The molecule has 0 saturated heterocycles. The van der Waals surface area contributed by atoms with E-state index >= 15 is 0 Å². The molecular weight excluding hydrogens is 199 g/mol. The van der Waals surface area contributed by atoms with E-state index in [9.17, 15) is 0 Å². The monoisotopic (exact) mass is 214 g/mol. The van der Waals surface area contributed by atoms with Crippen molar-refractivity contribution < 1.29 is 5.48 Å². The van der Waals surface area contributed by atoms with Crippen LogP contribution in [0.2, 0.25) is 17.1 Å². The molecule has 0 saturated carbocycles. The van der Waals surface area contributed by atoms with Gasteiger partial charge in [-0.3, -0.25) is 0 Å². The van der Waals surface area contributed by atoms with Crippen LogP contribution in [0.4, 0.5) is 0 Å². The normalized spacial score (nSPS) is 10.5. The van der Waals surface area contributed by atoms with E-state index in [0.29, 0.717) is 0 Å². The Labute approximate surface area is 71.2 Å². The van der Waals surface area contributed by atoms with E-state index in [4.69, 9.17) is 0 Å². The van der Waals surface area contributed by atoms with Gasteiger partial charge in [0.15, 0.2) is 0 Å². The van der Waals surface area contributed by atoms with Crippen LogP contribution in [0.15, 0.2) is 30.3 Å². The maximum absolute atomic E-state index is 2.40. The molecule has 0 atom stereocenters. The second-order valence-corrected chi connectivity index (χ2v) is 12.9. The maximum Gasteiger partial charge on any atom is -0.870 e. The molecule has 0 unspecified atom stereocenters. The first-order chi connectivity index (χ1) is 4.61. The third-order valence-electron chi connectivity index (χ3n) is 1.53. The second-order valence-electron chi connectivity index (χ2n) is 3.35. The number of hydrogen-bond acceptors (Lipinski definition) is 1. The molecular formula is C9H15AsO. The molecule has 0 bridgehead atoms. The summed E-state index contributed by atoms with van der Waals surface area (Å²) in [5.74, 6) is 0. The first-order valence-electron chi connectivity index (χ1n) is 3.48.